The van der Waals surface area contributed by atoms with Crippen molar-refractivity contribution in [2.24, 2.45) is 0 Å². The lowest BCUT2D eigenvalue weighted by molar-refractivity contribution is -0.384. The standard InChI is InChI=1S/C15H10ClN3O4/c16-12-8-11(19(20)21)6-7-13(12)22-9-14-17-15(18-23-14)10-4-2-1-3-5-10/h1-8H,9H2. The SMILES string of the molecule is O=[N+]([O-])c1ccc(OCc2nc(-c3ccccc3)no2)c(Cl)c1. The summed E-state index contributed by atoms with van der Waals surface area (Å²) in [5.74, 6) is 1.04. The summed E-state index contributed by atoms with van der Waals surface area (Å²) in [6.07, 6.45) is 0. The zero-order valence-corrected chi connectivity index (χ0v) is 12.4. The zero-order chi connectivity index (χ0) is 16.2. The van der Waals surface area contributed by atoms with E-state index in [-0.39, 0.29) is 23.2 Å². The lowest BCUT2D eigenvalue weighted by atomic mass is 10.2. The first kappa shape index (κ1) is 15.0. The minimum atomic E-state index is -0.528. The van der Waals surface area contributed by atoms with Crippen LogP contribution in [0.3, 0.4) is 0 Å². The van der Waals surface area contributed by atoms with Gasteiger partial charge in [-0.2, -0.15) is 4.98 Å². The summed E-state index contributed by atoms with van der Waals surface area (Å²) < 4.78 is 10.6. The van der Waals surface area contributed by atoms with Crippen LogP contribution in [0.15, 0.2) is 53.1 Å². The summed E-state index contributed by atoms with van der Waals surface area (Å²) in [4.78, 5) is 14.3. The topological polar surface area (TPSA) is 91.3 Å². The van der Waals surface area contributed by atoms with Crippen molar-refractivity contribution in [2.75, 3.05) is 0 Å². The van der Waals surface area contributed by atoms with E-state index in [9.17, 15) is 10.1 Å². The van der Waals surface area contributed by atoms with E-state index in [4.69, 9.17) is 20.9 Å². The second-order valence-electron chi connectivity index (χ2n) is 4.54. The number of hydrogen-bond donors (Lipinski definition) is 0. The molecule has 7 nitrogen and oxygen atoms in total. The third kappa shape index (κ3) is 3.46. The molecule has 1 aromatic heterocycles. The molecule has 0 spiro atoms. The number of nitro groups is 1. The van der Waals surface area contributed by atoms with Gasteiger partial charge in [0.1, 0.15) is 5.75 Å². The van der Waals surface area contributed by atoms with Gasteiger partial charge in [-0.05, 0) is 6.07 Å². The fraction of sp³-hybridized carbons (Fsp3) is 0.0667. The molecule has 0 radical (unpaired) electrons. The Morgan fingerprint density at radius 1 is 1.22 bits per heavy atom. The molecule has 0 bridgehead atoms. The van der Waals surface area contributed by atoms with Crippen molar-refractivity contribution in [2.45, 2.75) is 6.61 Å². The molecule has 23 heavy (non-hydrogen) atoms. The predicted molar refractivity (Wildman–Crippen MR) is 82.2 cm³/mol. The summed E-state index contributed by atoms with van der Waals surface area (Å²) >= 11 is 5.94. The van der Waals surface area contributed by atoms with Crippen LogP contribution in [0.5, 0.6) is 5.75 Å². The molecule has 0 saturated carbocycles. The number of halogens is 1. The van der Waals surface area contributed by atoms with Crippen LogP contribution >= 0.6 is 11.6 Å². The highest BCUT2D eigenvalue weighted by Gasteiger charge is 2.13. The Morgan fingerprint density at radius 2 is 2.00 bits per heavy atom. The normalized spacial score (nSPS) is 10.5. The average Bonchev–Trinajstić information content (AvgIpc) is 3.03. The van der Waals surface area contributed by atoms with Gasteiger partial charge in [0.05, 0.1) is 9.95 Å². The Labute approximate surface area is 135 Å². The van der Waals surface area contributed by atoms with E-state index >= 15 is 0 Å². The maximum atomic E-state index is 10.7. The molecule has 2 aromatic carbocycles. The van der Waals surface area contributed by atoms with Crippen molar-refractivity contribution in [3.63, 3.8) is 0 Å². The first-order valence-electron chi connectivity index (χ1n) is 6.58. The second-order valence-corrected chi connectivity index (χ2v) is 4.95. The van der Waals surface area contributed by atoms with Gasteiger partial charge >= 0.3 is 0 Å². The fourth-order valence-corrected chi connectivity index (χ4v) is 2.11. The third-order valence-electron chi connectivity index (χ3n) is 2.98. The van der Waals surface area contributed by atoms with Gasteiger partial charge in [-0.1, -0.05) is 47.1 Å². The van der Waals surface area contributed by atoms with Gasteiger partial charge in [0, 0.05) is 17.7 Å². The number of ether oxygens (including phenoxy) is 1. The molecule has 116 valence electrons. The summed E-state index contributed by atoms with van der Waals surface area (Å²) in [6.45, 7) is 0.0113. The third-order valence-corrected chi connectivity index (χ3v) is 3.27. The maximum Gasteiger partial charge on any atom is 0.271 e. The van der Waals surface area contributed by atoms with Gasteiger partial charge in [0.25, 0.3) is 11.6 Å². The smallest absolute Gasteiger partial charge is 0.271 e. The van der Waals surface area contributed by atoms with E-state index in [1.54, 1.807) is 0 Å². The van der Waals surface area contributed by atoms with Crippen molar-refractivity contribution in [3.05, 3.63) is 69.6 Å². The number of non-ortho nitro benzene ring substituents is 1. The highest BCUT2D eigenvalue weighted by molar-refractivity contribution is 6.32. The number of nitrogens with zero attached hydrogens (tertiary/aromatic N) is 3. The van der Waals surface area contributed by atoms with Gasteiger partial charge in [-0.3, -0.25) is 10.1 Å². The van der Waals surface area contributed by atoms with E-state index in [1.165, 1.54) is 18.2 Å². The van der Waals surface area contributed by atoms with Crippen LogP contribution < -0.4 is 4.74 Å². The van der Waals surface area contributed by atoms with Crippen molar-refractivity contribution in [3.8, 4) is 17.1 Å². The van der Waals surface area contributed by atoms with Crippen LogP contribution in [0.4, 0.5) is 5.69 Å². The first-order chi connectivity index (χ1) is 11.1. The molecule has 0 unspecified atom stereocenters. The van der Waals surface area contributed by atoms with Crippen molar-refractivity contribution >= 4 is 17.3 Å². The minimum absolute atomic E-state index is 0.0113. The lowest BCUT2D eigenvalue weighted by Crippen LogP contribution is -1.97. The summed E-state index contributed by atoms with van der Waals surface area (Å²) in [5.41, 5.74) is 0.724. The van der Waals surface area contributed by atoms with Gasteiger partial charge in [0.2, 0.25) is 5.82 Å². The molecular weight excluding hydrogens is 322 g/mol. The Bertz CT molecular complexity index is 836. The van der Waals surface area contributed by atoms with E-state index in [0.717, 1.165) is 5.56 Å². The van der Waals surface area contributed by atoms with Crippen molar-refractivity contribution < 1.29 is 14.2 Å². The molecule has 3 rings (SSSR count). The molecule has 0 saturated heterocycles. The molecule has 3 aromatic rings. The molecule has 0 aliphatic heterocycles. The van der Waals surface area contributed by atoms with E-state index in [2.05, 4.69) is 10.1 Å². The number of rotatable bonds is 5. The highest BCUT2D eigenvalue weighted by atomic mass is 35.5. The minimum Gasteiger partial charge on any atom is -0.482 e. The van der Waals surface area contributed by atoms with Gasteiger partial charge < -0.3 is 9.26 Å². The van der Waals surface area contributed by atoms with E-state index in [0.29, 0.717) is 11.6 Å². The summed E-state index contributed by atoms with van der Waals surface area (Å²) in [7, 11) is 0. The molecule has 1 heterocycles. The van der Waals surface area contributed by atoms with Crippen LogP contribution in [-0.2, 0) is 6.61 Å². The molecule has 0 N–H and O–H groups in total. The summed E-state index contributed by atoms with van der Waals surface area (Å²) in [6, 6.07) is 13.3. The number of aromatic nitrogens is 2. The number of hydrogen-bond acceptors (Lipinski definition) is 6. The highest BCUT2D eigenvalue weighted by Crippen LogP contribution is 2.29. The largest absolute Gasteiger partial charge is 0.482 e. The second kappa shape index (κ2) is 6.45. The maximum absolute atomic E-state index is 10.7. The molecule has 0 amide bonds. The first-order valence-corrected chi connectivity index (χ1v) is 6.96. The van der Waals surface area contributed by atoms with Gasteiger partial charge in [0.15, 0.2) is 6.61 Å². The van der Waals surface area contributed by atoms with Crippen LogP contribution in [0.25, 0.3) is 11.4 Å². The van der Waals surface area contributed by atoms with Crippen LogP contribution in [-0.4, -0.2) is 15.1 Å². The van der Waals surface area contributed by atoms with Gasteiger partial charge in [-0.15, -0.1) is 0 Å². The molecule has 0 atom stereocenters. The van der Waals surface area contributed by atoms with Crippen LogP contribution in [0.2, 0.25) is 5.02 Å². The molecule has 0 aliphatic carbocycles. The molecule has 0 aliphatic rings. The Balaban J connectivity index is 1.70. The fourth-order valence-electron chi connectivity index (χ4n) is 1.88. The lowest BCUT2D eigenvalue weighted by Gasteiger charge is -2.04. The van der Waals surface area contributed by atoms with Gasteiger partial charge in [-0.25, -0.2) is 0 Å². The van der Waals surface area contributed by atoms with E-state index in [1.807, 2.05) is 30.3 Å². The van der Waals surface area contributed by atoms with Crippen molar-refractivity contribution in [1.82, 2.24) is 10.1 Å². The number of nitro benzene ring substituents is 1. The Morgan fingerprint density at radius 3 is 2.70 bits per heavy atom. The zero-order valence-electron chi connectivity index (χ0n) is 11.7. The monoisotopic (exact) mass is 331 g/mol. The average molecular weight is 332 g/mol. The van der Waals surface area contributed by atoms with Crippen LogP contribution in [0, 0.1) is 10.1 Å². The molecule has 8 heteroatoms. The molecule has 0 fully saturated rings. The predicted octanol–water partition coefficient (Wildman–Crippen LogP) is 3.88. The van der Waals surface area contributed by atoms with Crippen molar-refractivity contribution in [1.29, 1.82) is 0 Å². The molecular formula is C15H10ClN3O4. The van der Waals surface area contributed by atoms with Crippen LogP contribution in [0.1, 0.15) is 5.89 Å². The summed E-state index contributed by atoms with van der Waals surface area (Å²) in [5, 5.41) is 14.7. The Hall–Kier alpha value is -2.93. The quantitative estimate of drug-likeness (QED) is 0.520. The van der Waals surface area contributed by atoms with E-state index < -0.39 is 4.92 Å². The number of benzene rings is 2. The Kier molecular flexibility index (Phi) is 4.20.